The van der Waals surface area contributed by atoms with Crippen molar-refractivity contribution in [3.8, 4) is 0 Å². The van der Waals surface area contributed by atoms with Crippen LogP contribution in [0.15, 0.2) is 0 Å². The molecule has 0 spiro atoms. The van der Waals surface area contributed by atoms with Gasteiger partial charge in [-0.2, -0.15) is 0 Å². The quantitative estimate of drug-likeness (QED) is 0.607. The van der Waals surface area contributed by atoms with E-state index < -0.39 is 0 Å². The Morgan fingerprint density at radius 3 is 2.55 bits per heavy atom. The van der Waals surface area contributed by atoms with Gasteiger partial charge in [-0.3, -0.25) is 4.79 Å². The van der Waals surface area contributed by atoms with Gasteiger partial charge in [-0.1, -0.05) is 26.2 Å². The van der Waals surface area contributed by atoms with Crippen LogP contribution >= 0.6 is 0 Å². The molecule has 0 heterocycles. The molecule has 0 saturated heterocycles. The van der Waals surface area contributed by atoms with Gasteiger partial charge in [0.1, 0.15) is 5.78 Å². The van der Waals surface area contributed by atoms with Crippen LogP contribution in [0.2, 0.25) is 0 Å². The van der Waals surface area contributed by atoms with Crippen LogP contribution < -0.4 is 0 Å². The molecule has 0 atom stereocenters. The van der Waals surface area contributed by atoms with Crippen molar-refractivity contribution in [2.24, 2.45) is 5.92 Å². The zero-order chi connectivity index (χ0) is 8.10. The molecule has 1 rings (SSSR count). The molecule has 0 N–H and O–H groups in total. The van der Waals surface area contributed by atoms with Crippen LogP contribution in [0.5, 0.6) is 0 Å². The van der Waals surface area contributed by atoms with E-state index in [-0.39, 0.29) is 0 Å². The van der Waals surface area contributed by atoms with Crippen molar-refractivity contribution >= 4 is 5.78 Å². The van der Waals surface area contributed by atoms with Gasteiger partial charge in [0.25, 0.3) is 0 Å². The molecule has 63 valence electrons. The van der Waals surface area contributed by atoms with Gasteiger partial charge in [-0.25, -0.2) is 0 Å². The topological polar surface area (TPSA) is 17.1 Å². The van der Waals surface area contributed by atoms with Gasteiger partial charge >= 0.3 is 0 Å². The molecule has 0 aromatic carbocycles. The summed E-state index contributed by atoms with van der Waals surface area (Å²) in [5, 5.41) is 0. The number of Topliss-reactive ketones (excluding diaryl/α,β-unsaturated/α-hetero) is 1. The lowest BCUT2D eigenvalue weighted by Crippen LogP contribution is -2.09. The van der Waals surface area contributed by atoms with Crippen molar-refractivity contribution in [2.45, 2.75) is 44.9 Å². The highest BCUT2D eigenvalue weighted by Crippen LogP contribution is 2.26. The number of rotatable bonds is 4. The molecule has 0 aromatic rings. The molecular formula is C10H17O. The van der Waals surface area contributed by atoms with Gasteiger partial charge in [-0.05, 0) is 19.3 Å². The third-order valence-corrected chi connectivity index (χ3v) is 2.48. The fourth-order valence-electron chi connectivity index (χ4n) is 1.75. The summed E-state index contributed by atoms with van der Waals surface area (Å²) in [6, 6.07) is 0. The molecule has 0 amide bonds. The van der Waals surface area contributed by atoms with Crippen LogP contribution in [0.3, 0.4) is 0 Å². The Balaban J connectivity index is 2.17. The average molecular weight is 153 g/mol. The van der Waals surface area contributed by atoms with Crippen LogP contribution in [0.1, 0.15) is 44.9 Å². The van der Waals surface area contributed by atoms with E-state index in [9.17, 15) is 4.79 Å². The fraction of sp³-hybridized carbons (Fsp3) is 0.800. The van der Waals surface area contributed by atoms with E-state index in [2.05, 4.69) is 6.92 Å². The maximum atomic E-state index is 11.4. The SMILES string of the molecule is [CH2]CCCC(=O)C1CCCC1. The maximum Gasteiger partial charge on any atom is 0.135 e. The molecule has 1 heteroatoms. The molecule has 1 nitrogen and oxygen atoms in total. The first-order chi connectivity index (χ1) is 5.34. The number of ketones is 1. The average Bonchev–Trinajstić information content (AvgIpc) is 2.52. The summed E-state index contributed by atoms with van der Waals surface area (Å²) in [7, 11) is 0. The zero-order valence-corrected chi connectivity index (χ0v) is 7.14. The number of hydrogen-bond acceptors (Lipinski definition) is 1. The highest BCUT2D eigenvalue weighted by atomic mass is 16.1. The van der Waals surface area contributed by atoms with Gasteiger partial charge in [0.05, 0.1) is 0 Å². The van der Waals surface area contributed by atoms with E-state index in [4.69, 9.17) is 0 Å². The molecular weight excluding hydrogens is 136 g/mol. The predicted molar refractivity (Wildman–Crippen MR) is 46.2 cm³/mol. The Bertz CT molecular complexity index is 123. The van der Waals surface area contributed by atoms with E-state index >= 15 is 0 Å². The molecule has 0 aromatic heterocycles. The molecule has 0 aliphatic heterocycles. The minimum atomic E-state index is 0.418. The van der Waals surface area contributed by atoms with Crippen molar-refractivity contribution in [3.63, 3.8) is 0 Å². The Kier molecular flexibility index (Phi) is 3.61. The van der Waals surface area contributed by atoms with Crippen LogP contribution in [0.4, 0.5) is 0 Å². The standard InChI is InChI=1S/C10H17O/c1-2-3-8-10(11)9-6-4-5-7-9/h9H,1-8H2. The van der Waals surface area contributed by atoms with Crippen LogP contribution in [0.25, 0.3) is 0 Å². The lowest BCUT2D eigenvalue weighted by Gasteiger charge is -2.05. The van der Waals surface area contributed by atoms with Crippen LogP contribution in [0, 0.1) is 12.8 Å². The smallest absolute Gasteiger partial charge is 0.135 e. The fourth-order valence-corrected chi connectivity index (χ4v) is 1.75. The Morgan fingerprint density at radius 1 is 1.36 bits per heavy atom. The second-order valence-corrected chi connectivity index (χ2v) is 3.40. The summed E-state index contributed by atoms with van der Waals surface area (Å²) in [6.07, 6.45) is 7.48. The Labute approximate surface area is 69.2 Å². The predicted octanol–water partition coefficient (Wildman–Crippen LogP) is 2.75. The molecule has 11 heavy (non-hydrogen) atoms. The third-order valence-electron chi connectivity index (χ3n) is 2.48. The molecule has 1 radical (unpaired) electrons. The first-order valence-electron chi connectivity index (χ1n) is 4.66. The second-order valence-electron chi connectivity index (χ2n) is 3.40. The van der Waals surface area contributed by atoms with Crippen molar-refractivity contribution in [1.82, 2.24) is 0 Å². The summed E-state index contributed by atoms with van der Waals surface area (Å²) in [5.74, 6) is 0.910. The maximum absolute atomic E-state index is 11.4. The minimum Gasteiger partial charge on any atom is -0.299 e. The molecule has 1 aliphatic carbocycles. The van der Waals surface area contributed by atoms with Gasteiger partial charge in [0.2, 0.25) is 0 Å². The zero-order valence-electron chi connectivity index (χ0n) is 7.14. The molecule has 0 bridgehead atoms. The Morgan fingerprint density at radius 2 is 2.00 bits per heavy atom. The van der Waals surface area contributed by atoms with Crippen molar-refractivity contribution in [1.29, 1.82) is 0 Å². The molecule has 0 unspecified atom stereocenters. The van der Waals surface area contributed by atoms with Crippen molar-refractivity contribution in [2.75, 3.05) is 0 Å². The van der Waals surface area contributed by atoms with E-state index in [0.29, 0.717) is 11.7 Å². The summed E-state index contributed by atoms with van der Waals surface area (Å²) in [4.78, 5) is 11.4. The number of hydrogen-bond donors (Lipinski definition) is 0. The van der Waals surface area contributed by atoms with E-state index in [0.717, 1.165) is 32.1 Å². The first-order valence-corrected chi connectivity index (χ1v) is 4.66. The normalized spacial score (nSPS) is 19.0. The van der Waals surface area contributed by atoms with Crippen molar-refractivity contribution in [3.05, 3.63) is 6.92 Å². The van der Waals surface area contributed by atoms with Gasteiger partial charge in [0.15, 0.2) is 0 Å². The number of carbonyl (C=O) groups excluding carboxylic acids is 1. The Hall–Kier alpha value is -0.330. The van der Waals surface area contributed by atoms with Gasteiger partial charge in [0, 0.05) is 12.3 Å². The highest BCUT2D eigenvalue weighted by molar-refractivity contribution is 5.81. The van der Waals surface area contributed by atoms with E-state index in [1.54, 1.807) is 0 Å². The monoisotopic (exact) mass is 153 g/mol. The largest absolute Gasteiger partial charge is 0.299 e. The summed E-state index contributed by atoms with van der Waals surface area (Å²) < 4.78 is 0. The third kappa shape index (κ3) is 2.64. The second kappa shape index (κ2) is 4.53. The van der Waals surface area contributed by atoms with Crippen LogP contribution in [-0.2, 0) is 4.79 Å². The van der Waals surface area contributed by atoms with E-state index in [1.165, 1.54) is 12.8 Å². The highest BCUT2D eigenvalue weighted by Gasteiger charge is 2.21. The number of carbonyl (C=O) groups is 1. The molecule has 1 fully saturated rings. The van der Waals surface area contributed by atoms with Crippen LogP contribution in [-0.4, -0.2) is 5.78 Å². The lowest BCUT2D eigenvalue weighted by atomic mass is 9.98. The number of unbranched alkanes of at least 4 members (excludes halogenated alkanes) is 1. The first kappa shape index (κ1) is 8.76. The summed E-state index contributed by atoms with van der Waals surface area (Å²) >= 11 is 0. The molecule has 1 saturated carbocycles. The van der Waals surface area contributed by atoms with Gasteiger partial charge in [-0.15, -0.1) is 0 Å². The molecule has 1 aliphatic rings. The summed E-state index contributed by atoms with van der Waals surface area (Å²) in [6.45, 7) is 3.73. The minimum absolute atomic E-state index is 0.418. The van der Waals surface area contributed by atoms with Crippen molar-refractivity contribution < 1.29 is 4.79 Å². The summed E-state index contributed by atoms with van der Waals surface area (Å²) in [5.41, 5.74) is 0. The lowest BCUT2D eigenvalue weighted by molar-refractivity contribution is -0.122. The van der Waals surface area contributed by atoms with Gasteiger partial charge < -0.3 is 0 Å². The van der Waals surface area contributed by atoms with E-state index in [1.807, 2.05) is 0 Å².